The number of hydrogen-bond donors (Lipinski definition) is 6. The monoisotopic (exact) mass is 387 g/mol. The smallest absolute Gasteiger partial charge is 0.335 e. The van der Waals surface area contributed by atoms with Crippen LogP contribution in [0.2, 0.25) is 0 Å². The van der Waals surface area contributed by atoms with Crippen LogP contribution in [-0.4, -0.2) is 81.3 Å². The molecule has 11 nitrogen and oxygen atoms in total. The van der Waals surface area contributed by atoms with Crippen LogP contribution in [0.5, 0.6) is 11.5 Å². The molecular weight excluding hydrogens is 366 g/mol. The maximum Gasteiger partial charge on any atom is 0.335 e. The number of ether oxygens (including phenoxy) is 3. The van der Waals surface area contributed by atoms with E-state index >= 15 is 0 Å². The third-order valence-corrected chi connectivity index (χ3v) is 4.06. The van der Waals surface area contributed by atoms with Crippen molar-refractivity contribution >= 4 is 11.9 Å². The average Bonchev–Trinajstić information content (AvgIpc) is 2.62. The maximum atomic E-state index is 11.1. The molecule has 1 heterocycles. The van der Waals surface area contributed by atoms with Crippen LogP contribution in [0.15, 0.2) is 18.2 Å². The quantitative estimate of drug-likeness (QED) is 0.301. The van der Waals surface area contributed by atoms with Crippen molar-refractivity contribution in [2.24, 2.45) is 5.73 Å². The van der Waals surface area contributed by atoms with Crippen LogP contribution in [-0.2, 0) is 20.7 Å². The van der Waals surface area contributed by atoms with E-state index in [1.54, 1.807) is 0 Å². The average molecular weight is 387 g/mol. The summed E-state index contributed by atoms with van der Waals surface area (Å²) >= 11 is 0. The Labute approximate surface area is 153 Å². The second-order valence-corrected chi connectivity index (χ2v) is 5.99. The molecule has 0 spiro atoms. The molecule has 150 valence electrons. The molecule has 1 aromatic carbocycles. The second kappa shape index (κ2) is 8.50. The lowest BCUT2D eigenvalue weighted by molar-refractivity contribution is -0.271. The molecule has 0 aromatic heterocycles. The predicted molar refractivity (Wildman–Crippen MR) is 87.3 cm³/mol. The molecule has 2 rings (SSSR count). The number of carboxylic acids is 2. The van der Waals surface area contributed by atoms with Gasteiger partial charge < -0.3 is 45.5 Å². The fourth-order valence-corrected chi connectivity index (χ4v) is 2.55. The van der Waals surface area contributed by atoms with E-state index in [-0.39, 0.29) is 17.9 Å². The van der Waals surface area contributed by atoms with Gasteiger partial charge in [0, 0.05) is 0 Å². The first-order valence-electron chi connectivity index (χ1n) is 7.90. The van der Waals surface area contributed by atoms with Crippen molar-refractivity contribution in [3.63, 3.8) is 0 Å². The number of benzene rings is 1. The first-order valence-corrected chi connectivity index (χ1v) is 7.90. The highest BCUT2D eigenvalue weighted by atomic mass is 16.7. The Morgan fingerprint density at radius 1 is 1.15 bits per heavy atom. The Kier molecular flexibility index (Phi) is 6.57. The first kappa shape index (κ1) is 20.9. The number of carboxylic acid groups (broad SMARTS) is 2. The first-order chi connectivity index (χ1) is 12.6. The van der Waals surface area contributed by atoms with E-state index in [0.717, 1.165) is 0 Å². The van der Waals surface area contributed by atoms with Crippen molar-refractivity contribution in [1.29, 1.82) is 0 Å². The van der Waals surface area contributed by atoms with Gasteiger partial charge in [-0.2, -0.15) is 0 Å². The van der Waals surface area contributed by atoms with Crippen molar-refractivity contribution in [2.75, 3.05) is 7.11 Å². The van der Waals surface area contributed by atoms with Gasteiger partial charge in [0.2, 0.25) is 6.29 Å². The summed E-state index contributed by atoms with van der Waals surface area (Å²) in [6.45, 7) is 0. The van der Waals surface area contributed by atoms with Gasteiger partial charge in [-0.3, -0.25) is 4.79 Å². The molecule has 11 heteroatoms. The number of aliphatic hydroxyl groups excluding tert-OH is 3. The molecule has 1 aliphatic rings. The molecule has 0 amide bonds. The molecule has 1 aromatic rings. The number of hydrogen-bond acceptors (Lipinski definition) is 9. The minimum absolute atomic E-state index is 0.0283. The van der Waals surface area contributed by atoms with Crippen LogP contribution in [0.3, 0.4) is 0 Å². The molecule has 27 heavy (non-hydrogen) atoms. The highest BCUT2D eigenvalue weighted by Gasteiger charge is 2.48. The summed E-state index contributed by atoms with van der Waals surface area (Å²) in [5.74, 6) is -2.51. The molecule has 1 aliphatic heterocycles. The summed E-state index contributed by atoms with van der Waals surface area (Å²) in [5, 5.41) is 47.4. The summed E-state index contributed by atoms with van der Waals surface area (Å²) < 4.78 is 15.6. The van der Waals surface area contributed by atoms with Gasteiger partial charge >= 0.3 is 11.9 Å². The Bertz CT molecular complexity index is 696. The van der Waals surface area contributed by atoms with Crippen LogP contribution in [0, 0.1) is 0 Å². The standard InChI is InChI=1S/C16H21NO10/c1-25-9-5-6(4-7(17)14(21)22)2-3-8(9)26-16-12(20)10(18)11(19)13(27-16)15(23)24/h2-3,5,7,10-13,16,18-20H,4,17H2,1H3,(H,21,22)(H,23,24)/t7-,10-,11-,12+,13-,16+/m0/s1. The van der Waals surface area contributed by atoms with E-state index < -0.39 is 48.7 Å². The third-order valence-electron chi connectivity index (χ3n) is 4.06. The zero-order chi connectivity index (χ0) is 20.3. The molecule has 0 radical (unpaired) electrons. The molecule has 0 unspecified atom stereocenters. The lowest BCUT2D eigenvalue weighted by atomic mass is 9.99. The van der Waals surface area contributed by atoms with Crippen LogP contribution >= 0.6 is 0 Å². The van der Waals surface area contributed by atoms with Gasteiger partial charge in [-0.1, -0.05) is 6.07 Å². The number of nitrogens with two attached hydrogens (primary N) is 1. The van der Waals surface area contributed by atoms with Crippen LogP contribution < -0.4 is 15.2 Å². The van der Waals surface area contributed by atoms with Gasteiger partial charge in [0.15, 0.2) is 17.6 Å². The van der Waals surface area contributed by atoms with Gasteiger partial charge in [-0.05, 0) is 24.1 Å². The molecule has 0 saturated carbocycles. The molecule has 0 aliphatic carbocycles. The summed E-state index contributed by atoms with van der Waals surface area (Å²) in [4.78, 5) is 22.0. The zero-order valence-corrected chi connectivity index (χ0v) is 14.3. The lowest BCUT2D eigenvalue weighted by Crippen LogP contribution is -2.61. The van der Waals surface area contributed by atoms with E-state index in [2.05, 4.69) is 0 Å². The minimum atomic E-state index is -1.83. The molecule has 1 saturated heterocycles. The van der Waals surface area contributed by atoms with Gasteiger partial charge in [0.1, 0.15) is 24.4 Å². The van der Waals surface area contributed by atoms with Gasteiger partial charge in [0.25, 0.3) is 0 Å². The van der Waals surface area contributed by atoms with Gasteiger partial charge in [0.05, 0.1) is 7.11 Å². The third kappa shape index (κ3) is 4.64. The highest BCUT2D eigenvalue weighted by Crippen LogP contribution is 2.32. The van der Waals surface area contributed by atoms with E-state index in [1.165, 1.54) is 25.3 Å². The fourth-order valence-electron chi connectivity index (χ4n) is 2.55. The fraction of sp³-hybridized carbons (Fsp3) is 0.500. The normalized spacial score (nSPS) is 29.0. The van der Waals surface area contributed by atoms with Gasteiger partial charge in [-0.25, -0.2) is 4.79 Å². The second-order valence-electron chi connectivity index (χ2n) is 5.99. The Balaban J connectivity index is 2.20. The number of aliphatic hydroxyl groups is 3. The number of methoxy groups -OCH3 is 1. The van der Waals surface area contributed by atoms with Crippen LogP contribution in [0.4, 0.5) is 0 Å². The van der Waals surface area contributed by atoms with E-state index in [9.17, 15) is 24.9 Å². The minimum Gasteiger partial charge on any atom is -0.493 e. The summed E-state index contributed by atoms with van der Waals surface area (Å²) in [7, 11) is 1.32. The topological polar surface area (TPSA) is 189 Å². The zero-order valence-electron chi connectivity index (χ0n) is 14.3. The summed E-state index contributed by atoms with van der Waals surface area (Å²) in [6, 6.07) is 3.26. The highest BCUT2D eigenvalue weighted by molar-refractivity contribution is 5.74. The Hall–Kier alpha value is -2.44. The molecular formula is C16H21NO10. The lowest BCUT2D eigenvalue weighted by Gasteiger charge is -2.38. The predicted octanol–water partition coefficient (Wildman–Crippen LogP) is -2.08. The van der Waals surface area contributed by atoms with Crippen molar-refractivity contribution in [2.45, 2.75) is 43.2 Å². The Morgan fingerprint density at radius 2 is 1.81 bits per heavy atom. The van der Waals surface area contributed by atoms with Crippen molar-refractivity contribution in [3.8, 4) is 11.5 Å². The van der Waals surface area contributed by atoms with Crippen LogP contribution in [0.1, 0.15) is 5.56 Å². The molecule has 1 fully saturated rings. The summed E-state index contributed by atoms with van der Waals surface area (Å²) in [5.41, 5.74) is 6.03. The van der Waals surface area contributed by atoms with Crippen molar-refractivity contribution in [1.82, 2.24) is 0 Å². The van der Waals surface area contributed by atoms with Crippen LogP contribution in [0.25, 0.3) is 0 Å². The molecule has 0 bridgehead atoms. The number of carbonyl (C=O) groups is 2. The summed E-state index contributed by atoms with van der Waals surface area (Å²) in [6.07, 6.45) is -8.72. The van der Waals surface area contributed by atoms with E-state index in [0.29, 0.717) is 5.56 Å². The largest absolute Gasteiger partial charge is 0.493 e. The van der Waals surface area contributed by atoms with Crippen molar-refractivity contribution < 1.29 is 49.3 Å². The van der Waals surface area contributed by atoms with E-state index in [4.69, 9.17) is 30.2 Å². The molecule has 7 N–H and O–H groups in total. The molecule has 6 atom stereocenters. The Morgan fingerprint density at radius 3 is 2.37 bits per heavy atom. The van der Waals surface area contributed by atoms with Crippen molar-refractivity contribution in [3.05, 3.63) is 23.8 Å². The maximum absolute atomic E-state index is 11.1. The number of aliphatic carboxylic acids is 2. The SMILES string of the molecule is COc1cc(C[C@H](N)C(=O)O)ccc1O[C@@H]1O[C@H](C(=O)O)[C@@H](O)[C@H](O)[C@H]1O. The number of rotatable bonds is 7. The van der Waals surface area contributed by atoms with E-state index in [1.807, 2.05) is 0 Å². The van der Waals surface area contributed by atoms with Gasteiger partial charge in [-0.15, -0.1) is 0 Å².